The van der Waals surface area contributed by atoms with Crippen LogP contribution in [0.4, 0.5) is 5.69 Å². The lowest BCUT2D eigenvalue weighted by molar-refractivity contribution is 0.168. The number of guanidine groups is 1. The Balaban J connectivity index is 1.79. The predicted octanol–water partition coefficient (Wildman–Crippen LogP) is 3.29. The van der Waals surface area contributed by atoms with Gasteiger partial charge in [-0.25, -0.2) is 0 Å². The minimum absolute atomic E-state index is 0.510. The molecule has 1 aromatic rings. The summed E-state index contributed by atoms with van der Waals surface area (Å²) in [6, 6.07) is 6.93. The van der Waals surface area contributed by atoms with E-state index in [1.807, 2.05) is 0 Å². The second-order valence-corrected chi connectivity index (χ2v) is 6.50. The van der Waals surface area contributed by atoms with Crippen LogP contribution < -0.4 is 11.1 Å². The molecule has 1 aliphatic heterocycles. The number of benzene rings is 1. The van der Waals surface area contributed by atoms with Crippen molar-refractivity contribution in [2.75, 3.05) is 25.0 Å². The van der Waals surface area contributed by atoms with Crippen LogP contribution >= 0.6 is 0 Å². The fraction of sp³-hybridized carbons (Fsp3) is 0.611. The molecule has 2 rings (SSSR count). The van der Waals surface area contributed by atoms with Gasteiger partial charge in [0.05, 0.1) is 0 Å². The van der Waals surface area contributed by atoms with Crippen molar-refractivity contribution in [1.29, 1.82) is 0 Å². The molecule has 1 heterocycles. The summed E-state index contributed by atoms with van der Waals surface area (Å²) in [7, 11) is 0. The van der Waals surface area contributed by atoms with E-state index < -0.39 is 0 Å². The molecule has 22 heavy (non-hydrogen) atoms. The molecule has 0 amide bonds. The first-order valence-electron chi connectivity index (χ1n) is 8.44. The smallest absolute Gasteiger partial charge is 0.193 e. The number of anilines is 1. The molecule has 1 unspecified atom stereocenters. The molecule has 1 atom stereocenters. The number of piperidine rings is 1. The van der Waals surface area contributed by atoms with E-state index in [1.54, 1.807) is 0 Å². The lowest BCUT2D eigenvalue weighted by Crippen LogP contribution is -2.37. The van der Waals surface area contributed by atoms with Gasteiger partial charge in [0.1, 0.15) is 0 Å². The Morgan fingerprint density at radius 3 is 2.45 bits per heavy atom. The Hall–Kier alpha value is -1.55. The third-order valence-corrected chi connectivity index (χ3v) is 4.34. The number of nitrogens with zero attached hydrogens (tertiary/aromatic N) is 2. The number of rotatable bonds is 5. The van der Waals surface area contributed by atoms with Gasteiger partial charge in [-0.2, -0.15) is 0 Å². The maximum atomic E-state index is 6.00. The van der Waals surface area contributed by atoms with Crippen molar-refractivity contribution in [3.05, 3.63) is 29.3 Å². The fourth-order valence-electron chi connectivity index (χ4n) is 3.15. The molecular formula is C18H30N4. The van der Waals surface area contributed by atoms with Crippen molar-refractivity contribution in [3.8, 4) is 0 Å². The maximum Gasteiger partial charge on any atom is 0.193 e. The minimum Gasteiger partial charge on any atom is -0.370 e. The van der Waals surface area contributed by atoms with E-state index in [9.17, 15) is 0 Å². The molecule has 1 aromatic carbocycles. The number of nitrogens with one attached hydrogen (secondary N) is 1. The Labute approximate surface area is 134 Å². The van der Waals surface area contributed by atoms with Crippen molar-refractivity contribution in [2.45, 2.75) is 52.5 Å². The van der Waals surface area contributed by atoms with Gasteiger partial charge in [-0.05, 0) is 76.4 Å². The molecule has 0 spiro atoms. The average molecular weight is 302 g/mol. The lowest BCUT2D eigenvalue weighted by atomic mass is 10.1. The first-order valence-corrected chi connectivity index (χ1v) is 8.44. The van der Waals surface area contributed by atoms with Crippen molar-refractivity contribution in [3.63, 3.8) is 0 Å². The predicted molar refractivity (Wildman–Crippen MR) is 95.5 cm³/mol. The highest BCUT2D eigenvalue weighted by molar-refractivity contribution is 5.92. The third kappa shape index (κ3) is 5.34. The maximum absolute atomic E-state index is 6.00. The van der Waals surface area contributed by atoms with Crippen LogP contribution in [0.2, 0.25) is 0 Å². The van der Waals surface area contributed by atoms with Gasteiger partial charge in [0, 0.05) is 18.3 Å². The molecule has 0 aliphatic carbocycles. The molecule has 122 valence electrons. The topological polar surface area (TPSA) is 53.6 Å². The summed E-state index contributed by atoms with van der Waals surface area (Å²) >= 11 is 0. The van der Waals surface area contributed by atoms with E-state index >= 15 is 0 Å². The van der Waals surface area contributed by atoms with Crippen LogP contribution in [0.15, 0.2) is 23.2 Å². The summed E-state index contributed by atoms with van der Waals surface area (Å²) in [5.74, 6) is 0.510. The van der Waals surface area contributed by atoms with Gasteiger partial charge in [0.15, 0.2) is 5.96 Å². The molecule has 1 saturated heterocycles. The number of hydrogen-bond acceptors (Lipinski definition) is 2. The lowest BCUT2D eigenvalue weighted by Gasteiger charge is -2.32. The van der Waals surface area contributed by atoms with Gasteiger partial charge < -0.3 is 16.0 Å². The van der Waals surface area contributed by atoms with E-state index in [2.05, 4.69) is 54.2 Å². The van der Waals surface area contributed by atoms with Crippen LogP contribution in [-0.4, -0.2) is 36.5 Å². The molecule has 0 aromatic heterocycles. The molecule has 0 saturated carbocycles. The van der Waals surface area contributed by atoms with Crippen LogP contribution in [0.1, 0.15) is 43.7 Å². The molecule has 4 nitrogen and oxygen atoms in total. The van der Waals surface area contributed by atoms with E-state index in [0.29, 0.717) is 12.0 Å². The van der Waals surface area contributed by atoms with Crippen molar-refractivity contribution >= 4 is 11.6 Å². The zero-order valence-electron chi connectivity index (χ0n) is 14.2. The van der Waals surface area contributed by atoms with E-state index in [4.69, 9.17) is 5.73 Å². The Bertz CT molecular complexity index is 484. The summed E-state index contributed by atoms with van der Waals surface area (Å²) < 4.78 is 0. The van der Waals surface area contributed by atoms with Gasteiger partial charge in [0.25, 0.3) is 0 Å². The summed E-state index contributed by atoms with van der Waals surface area (Å²) in [4.78, 5) is 7.05. The monoisotopic (exact) mass is 302 g/mol. The number of hydrogen-bond donors (Lipinski definition) is 2. The van der Waals surface area contributed by atoms with Crippen molar-refractivity contribution < 1.29 is 0 Å². The van der Waals surface area contributed by atoms with Crippen LogP contribution in [0.3, 0.4) is 0 Å². The Kier molecular flexibility index (Phi) is 6.25. The molecule has 0 radical (unpaired) electrons. The highest BCUT2D eigenvalue weighted by atomic mass is 15.2. The van der Waals surface area contributed by atoms with Crippen LogP contribution in [0.25, 0.3) is 0 Å². The normalized spacial score (nSPS) is 18.2. The third-order valence-electron chi connectivity index (χ3n) is 4.34. The van der Waals surface area contributed by atoms with E-state index in [1.165, 1.54) is 43.5 Å². The highest BCUT2D eigenvalue weighted by Gasteiger charge is 2.15. The van der Waals surface area contributed by atoms with Gasteiger partial charge in [-0.1, -0.05) is 12.5 Å². The van der Waals surface area contributed by atoms with E-state index in [-0.39, 0.29) is 0 Å². The number of likely N-dealkylation sites (tertiary alicyclic amines) is 1. The minimum atomic E-state index is 0.510. The van der Waals surface area contributed by atoms with Crippen LogP contribution in [0.5, 0.6) is 0 Å². The van der Waals surface area contributed by atoms with Gasteiger partial charge >= 0.3 is 0 Å². The number of nitrogens with two attached hydrogens (primary N) is 1. The standard InChI is InChI=1S/C18H30N4/c1-14-11-15(2)13-17(12-14)21-18(19)20-8-7-16(3)22-9-5-4-6-10-22/h11-13,16H,4-10H2,1-3H3,(H3,19,20,21). The quantitative estimate of drug-likeness (QED) is 0.648. The molecule has 4 heteroatoms. The van der Waals surface area contributed by atoms with Crippen LogP contribution in [-0.2, 0) is 0 Å². The molecular weight excluding hydrogens is 272 g/mol. The Morgan fingerprint density at radius 2 is 1.82 bits per heavy atom. The SMILES string of the molecule is Cc1cc(C)cc(NC(N)=NCCC(C)N2CCCCC2)c1. The number of aryl methyl sites for hydroxylation is 2. The second-order valence-electron chi connectivity index (χ2n) is 6.50. The average Bonchev–Trinajstić information content (AvgIpc) is 2.47. The Morgan fingerprint density at radius 1 is 1.18 bits per heavy atom. The molecule has 1 fully saturated rings. The summed E-state index contributed by atoms with van der Waals surface area (Å²) in [5.41, 5.74) is 9.47. The van der Waals surface area contributed by atoms with Crippen molar-refractivity contribution in [1.82, 2.24) is 4.90 Å². The number of aliphatic imine (C=N–C) groups is 1. The zero-order valence-corrected chi connectivity index (χ0v) is 14.2. The highest BCUT2D eigenvalue weighted by Crippen LogP contribution is 2.15. The van der Waals surface area contributed by atoms with Crippen molar-refractivity contribution in [2.24, 2.45) is 10.7 Å². The molecule has 1 aliphatic rings. The first-order chi connectivity index (χ1) is 10.5. The second kappa shape index (κ2) is 8.18. The zero-order chi connectivity index (χ0) is 15.9. The van der Waals surface area contributed by atoms with Crippen LogP contribution in [0, 0.1) is 13.8 Å². The van der Waals surface area contributed by atoms with Gasteiger partial charge in [-0.15, -0.1) is 0 Å². The summed E-state index contributed by atoms with van der Waals surface area (Å²) in [5, 5.41) is 3.19. The first kappa shape index (κ1) is 16.8. The fourth-order valence-corrected chi connectivity index (χ4v) is 3.15. The summed E-state index contributed by atoms with van der Waals surface area (Å²) in [6.07, 6.45) is 5.12. The summed E-state index contributed by atoms with van der Waals surface area (Å²) in [6.45, 7) is 9.73. The van der Waals surface area contributed by atoms with Gasteiger partial charge in [0.2, 0.25) is 0 Å². The molecule has 3 N–H and O–H groups in total. The largest absolute Gasteiger partial charge is 0.370 e. The van der Waals surface area contributed by atoms with E-state index in [0.717, 1.165) is 18.7 Å². The molecule has 0 bridgehead atoms. The van der Waals surface area contributed by atoms with Gasteiger partial charge in [-0.3, -0.25) is 4.99 Å².